The van der Waals surface area contributed by atoms with E-state index in [-0.39, 0.29) is 23.7 Å². The van der Waals surface area contributed by atoms with Crippen LogP contribution in [-0.2, 0) is 20.9 Å². The molecule has 0 aliphatic carbocycles. The lowest BCUT2D eigenvalue weighted by Crippen LogP contribution is -2.43. The molecule has 0 aromatic heterocycles. The molecule has 3 rings (SSSR count). The van der Waals surface area contributed by atoms with Crippen LogP contribution in [0, 0.1) is 12.7 Å². The fraction of sp³-hybridized carbons (Fsp3) is 0.529. The number of carbonyl (C=O) groups excluding carboxylic acids is 2. The Morgan fingerprint density at radius 3 is 2.87 bits per heavy atom. The van der Waals surface area contributed by atoms with Crippen molar-refractivity contribution in [2.24, 2.45) is 0 Å². The van der Waals surface area contributed by atoms with Gasteiger partial charge in [-0.1, -0.05) is 6.07 Å². The van der Waals surface area contributed by atoms with Gasteiger partial charge in [0.25, 0.3) is 0 Å². The maximum atomic E-state index is 13.4. The van der Waals surface area contributed by atoms with Crippen LogP contribution < -0.4 is 0 Å². The van der Waals surface area contributed by atoms with Crippen molar-refractivity contribution in [2.45, 2.75) is 38.4 Å². The van der Waals surface area contributed by atoms with Gasteiger partial charge in [-0.3, -0.25) is 9.69 Å². The average Bonchev–Trinajstić information content (AvgIpc) is 3.12. The molecule has 1 aromatic carbocycles. The molecular weight excluding hydrogens is 299 g/mol. The largest absolute Gasteiger partial charge is 0.467 e. The van der Waals surface area contributed by atoms with Crippen LogP contribution in [0.25, 0.3) is 0 Å². The van der Waals surface area contributed by atoms with Crippen LogP contribution in [0.1, 0.15) is 24.0 Å². The third-order valence-electron chi connectivity index (χ3n) is 4.69. The van der Waals surface area contributed by atoms with Crippen LogP contribution in [0.4, 0.5) is 4.39 Å². The molecule has 2 heterocycles. The van der Waals surface area contributed by atoms with Crippen LogP contribution in [0.5, 0.6) is 0 Å². The highest BCUT2D eigenvalue weighted by Gasteiger charge is 2.46. The van der Waals surface area contributed by atoms with E-state index in [1.54, 1.807) is 11.0 Å². The molecule has 3 atom stereocenters. The fourth-order valence-corrected chi connectivity index (χ4v) is 3.22. The lowest BCUT2D eigenvalue weighted by molar-refractivity contribution is -0.151. The molecule has 0 N–H and O–H groups in total. The van der Waals surface area contributed by atoms with Crippen molar-refractivity contribution in [3.05, 3.63) is 35.1 Å². The van der Waals surface area contributed by atoms with Gasteiger partial charge in [-0.2, -0.15) is 0 Å². The predicted molar refractivity (Wildman–Crippen MR) is 82.1 cm³/mol. The summed E-state index contributed by atoms with van der Waals surface area (Å²) in [7, 11) is 1.35. The predicted octanol–water partition coefficient (Wildman–Crippen LogP) is 1.48. The molecule has 23 heavy (non-hydrogen) atoms. The van der Waals surface area contributed by atoms with Crippen LogP contribution in [-0.4, -0.2) is 54.0 Å². The molecule has 2 saturated heterocycles. The zero-order valence-electron chi connectivity index (χ0n) is 13.4. The van der Waals surface area contributed by atoms with E-state index < -0.39 is 6.04 Å². The Labute approximate surface area is 135 Å². The quantitative estimate of drug-likeness (QED) is 0.623. The Kier molecular flexibility index (Phi) is 4.35. The third kappa shape index (κ3) is 3.22. The lowest BCUT2D eigenvalue weighted by Gasteiger charge is -2.22. The number of likely N-dealkylation sites (tertiary alicyclic amines) is 1. The number of hydrogen-bond donors (Lipinski definition) is 0. The van der Waals surface area contributed by atoms with Gasteiger partial charge in [-0.05, 0) is 43.0 Å². The van der Waals surface area contributed by atoms with Gasteiger partial charge in [0, 0.05) is 19.6 Å². The second-order valence-corrected chi connectivity index (χ2v) is 6.23. The van der Waals surface area contributed by atoms with Crippen molar-refractivity contribution in [1.29, 1.82) is 0 Å². The second-order valence-electron chi connectivity index (χ2n) is 6.23. The summed E-state index contributed by atoms with van der Waals surface area (Å²) in [5.41, 5.74) is 1.91. The van der Waals surface area contributed by atoms with Crippen molar-refractivity contribution in [2.75, 3.05) is 20.2 Å². The van der Waals surface area contributed by atoms with Gasteiger partial charge >= 0.3 is 5.97 Å². The van der Waals surface area contributed by atoms with Gasteiger partial charge in [0.2, 0.25) is 5.91 Å². The molecule has 3 unspecified atom stereocenters. The average molecular weight is 320 g/mol. The number of esters is 1. The van der Waals surface area contributed by atoms with Crippen LogP contribution >= 0.6 is 0 Å². The first kappa shape index (κ1) is 15.9. The minimum Gasteiger partial charge on any atom is -0.467 e. The summed E-state index contributed by atoms with van der Waals surface area (Å²) in [5, 5.41) is 0. The Balaban J connectivity index is 1.62. The Bertz CT molecular complexity index is 634. The maximum Gasteiger partial charge on any atom is 0.328 e. The van der Waals surface area contributed by atoms with E-state index in [1.165, 1.54) is 19.2 Å². The molecule has 0 bridgehead atoms. The van der Waals surface area contributed by atoms with E-state index in [4.69, 9.17) is 4.74 Å². The van der Waals surface area contributed by atoms with E-state index >= 15 is 0 Å². The summed E-state index contributed by atoms with van der Waals surface area (Å²) in [4.78, 5) is 28.0. The molecule has 0 radical (unpaired) electrons. The molecule has 2 aliphatic heterocycles. The summed E-state index contributed by atoms with van der Waals surface area (Å²) >= 11 is 0. The number of ether oxygens (including phenoxy) is 1. The van der Waals surface area contributed by atoms with E-state index in [2.05, 4.69) is 0 Å². The summed E-state index contributed by atoms with van der Waals surface area (Å²) in [6.45, 7) is 3.74. The first-order valence-corrected chi connectivity index (χ1v) is 7.88. The third-order valence-corrected chi connectivity index (χ3v) is 4.69. The highest BCUT2D eigenvalue weighted by Crippen LogP contribution is 2.28. The SMILES string of the molecule is COC(=O)C1CCCN1C(=O)C1CN1Cc1cc(F)ccc1C. The topological polar surface area (TPSA) is 49.6 Å². The number of aryl methyl sites for hydroxylation is 1. The van der Waals surface area contributed by atoms with E-state index in [9.17, 15) is 14.0 Å². The number of amides is 1. The molecule has 2 aliphatic rings. The second kappa shape index (κ2) is 6.28. The molecule has 0 saturated carbocycles. The van der Waals surface area contributed by atoms with E-state index in [0.29, 0.717) is 26.1 Å². The number of carbonyl (C=O) groups is 2. The standard InChI is InChI=1S/C17H21FN2O3/c1-11-5-6-13(18)8-12(11)9-19-10-15(19)16(21)20-7-3-4-14(20)17(22)23-2/h5-6,8,14-15H,3-4,7,9-10H2,1-2H3. The minimum absolute atomic E-state index is 0.0213. The van der Waals surface area contributed by atoms with Gasteiger partial charge in [0.05, 0.1) is 7.11 Å². The van der Waals surface area contributed by atoms with E-state index in [1.807, 2.05) is 11.8 Å². The van der Waals surface area contributed by atoms with Crippen molar-refractivity contribution >= 4 is 11.9 Å². The fourth-order valence-electron chi connectivity index (χ4n) is 3.22. The Hall–Kier alpha value is -1.95. The molecule has 1 aromatic rings. The summed E-state index contributed by atoms with van der Waals surface area (Å²) in [6.07, 6.45) is 1.48. The zero-order valence-corrected chi connectivity index (χ0v) is 13.4. The number of methoxy groups -OCH3 is 1. The molecule has 0 spiro atoms. The number of rotatable bonds is 4. The van der Waals surface area contributed by atoms with Crippen LogP contribution in [0.15, 0.2) is 18.2 Å². The number of hydrogen-bond acceptors (Lipinski definition) is 4. The first-order valence-electron chi connectivity index (χ1n) is 7.88. The van der Waals surface area contributed by atoms with Gasteiger partial charge in [0.15, 0.2) is 0 Å². The van der Waals surface area contributed by atoms with Gasteiger partial charge in [0.1, 0.15) is 17.9 Å². The number of nitrogens with zero attached hydrogens (tertiary/aromatic N) is 2. The van der Waals surface area contributed by atoms with Crippen LogP contribution in [0.3, 0.4) is 0 Å². The van der Waals surface area contributed by atoms with Gasteiger partial charge in [-0.25, -0.2) is 9.18 Å². The minimum atomic E-state index is -0.453. The Morgan fingerprint density at radius 1 is 1.35 bits per heavy atom. The highest BCUT2D eigenvalue weighted by atomic mass is 19.1. The molecular formula is C17H21FN2O3. The Morgan fingerprint density at radius 2 is 2.13 bits per heavy atom. The van der Waals surface area contributed by atoms with Crippen molar-refractivity contribution in [3.63, 3.8) is 0 Å². The lowest BCUT2D eigenvalue weighted by atomic mass is 10.1. The smallest absolute Gasteiger partial charge is 0.328 e. The van der Waals surface area contributed by atoms with Crippen molar-refractivity contribution in [1.82, 2.24) is 9.80 Å². The first-order chi connectivity index (χ1) is 11.0. The maximum absolute atomic E-state index is 13.4. The highest BCUT2D eigenvalue weighted by molar-refractivity contribution is 5.90. The van der Waals surface area contributed by atoms with Crippen molar-refractivity contribution in [3.8, 4) is 0 Å². The number of benzene rings is 1. The molecule has 1 amide bonds. The van der Waals surface area contributed by atoms with Gasteiger partial charge < -0.3 is 9.64 Å². The molecule has 5 nitrogen and oxygen atoms in total. The summed E-state index contributed by atoms with van der Waals surface area (Å²) in [6, 6.07) is 4.05. The molecule has 6 heteroatoms. The monoisotopic (exact) mass is 320 g/mol. The van der Waals surface area contributed by atoms with Gasteiger partial charge in [-0.15, -0.1) is 0 Å². The van der Waals surface area contributed by atoms with Crippen molar-refractivity contribution < 1.29 is 18.7 Å². The number of halogens is 1. The summed E-state index contributed by atoms with van der Waals surface area (Å²) < 4.78 is 18.1. The molecule has 2 fully saturated rings. The normalized spacial score (nSPS) is 26.2. The molecule has 124 valence electrons. The zero-order chi connectivity index (χ0) is 16.6. The van der Waals surface area contributed by atoms with E-state index in [0.717, 1.165) is 17.5 Å². The van der Waals surface area contributed by atoms with Crippen LogP contribution in [0.2, 0.25) is 0 Å². The summed E-state index contributed by atoms with van der Waals surface area (Å²) in [5.74, 6) is -0.628.